The first kappa shape index (κ1) is 14.8. The lowest BCUT2D eigenvalue weighted by molar-refractivity contribution is 0.0835. The molecule has 124 valence electrons. The zero-order valence-corrected chi connectivity index (χ0v) is 13.1. The normalized spacial score (nSPS) is 17.5. The highest BCUT2D eigenvalue weighted by Gasteiger charge is 2.23. The summed E-state index contributed by atoms with van der Waals surface area (Å²) in [6.45, 7) is 2.66. The van der Waals surface area contributed by atoms with Crippen molar-refractivity contribution in [2.45, 2.75) is 32.4 Å². The molecule has 3 heterocycles. The molecule has 2 aromatic heterocycles. The molecule has 1 fully saturated rings. The van der Waals surface area contributed by atoms with E-state index >= 15 is 0 Å². The molecule has 1 amide bonds. The Bertz CT molecular complexity index is 879. The quantitative estimate of drug-likeness (QED) is 0.783. The highest BCUT2D eigenvalue weighted by Crippen LogP contribution is 2.26. The van der Waals surface area contributed by atoms with Gasteiger partial charge in [-0.05, 0) is 31.0 Å². The maximum atomic E-state index is 12.2. The van der Waals surface area contributed by atoms with E-state index in [1.807, 2.05) is 0 Å². The molecule has 3 aromatic rings. The Morgan fingerprint density at radius 1 is 1.38 bits per heavy atom. The van der Waals surface area contributed by atoms with Gasteiger partial charge in [0.25, 0.3) is 11.8 Å². The molecule has 1 aliphatic heterocycles. The maximum Gasteiger partial charge on any atom is 0.255 e. The molecule has 1 N–H and O–H groups in total. The van der Waals surface area contributed by atoms with Gasteiger partial charge in [0, 0.05) is 19.1 Å². The number of aryl methyl sites for hydroxylation is 1. The smallest absolute Gasteiger partial charge is 0.255 e. The summed E-state index contributed by atoms with van der Waals surface area (Å²) in [5.41, 5.74) is 1.80. The first-order valence-corrected chi connectivity index (χ1v) is 7.78. The summed E-state index contributed by atoms with van der Waals surface area (Å²) in [6, 6.07) is 5.12. The number of oxazole rings is 1. The summed E-state index contributed by atoms with van der Waals surface area (Å²) >= 11 is 0. The Morgan fingerprint density at radius 2 is 2.29 bits per heavy atom. The minimum Gasteiger partial charge on any atom is -0.441 e. The molecule has 1 atom stereocenters. The molecule has 0 radical (unpaired) electrons. The molecule has 0 saturated carbocycles. The van der Waals surface area contributed by atoms with Crippen LogP contribution in [0.5, 0.6) is 0 Å². The summed E-state index contributed by atoms with van der Waals surface area (Å²) in [7, 11) is 0. The van der Waals surface area contributed by atoms with Crippen LogP contribution in [-0.2, 0) is 11.3 Å². The Hall–Kier alpha value is -2.74. The van der Waals surface area contributed by atoms with Gasteiger partial charge >= 0.3 is 0 Å². The monoisotopic (exact) mass is 328 g/mol. The third kappa shape index (κ3) is 2.88. The van der Waals surface area contributed by atoms with Crippen LogP contribution in [0.3, 0.4) is 0 Å². The molecule has 24 heavy (non-hydrogen) atoms. The number of nitrogens with zero attached hydrogens (tertiary/aromatic N) is 3. The van der Waals surface area contributed by atoms with E-state index in [2.05, 4.69) is 20.4 Å². The number of fused-ring (bicyclic) bond motifs is 1. The van der Waals surface area contributed by atoms with E-state index in [1.165, 1.54) is 0 Å². The molecule has 1 unspecified atom stereocenters. The number of benzene rings is 1. The first-order chi connectivity index (χ1) is 11.7. The second-order valence-corrected chi connectivity index (χ2v) is 5.65. The summed E-state index contributed by atoms with van der Waals surface area (Å²) in [5, 5.41) is 6.63. The van der Waals surface area contributed by atoms with Gasteiger partial charge < -0.3 is 19.0 Å². The van der Waals surface area contributed by atoms with Crippen molar-refractivity contribution in [2.75, 3.05) is 6.61 Å². The molecule has 1 aliphatic rings. The van der Waals surface area contributed by atoms with E-state index in [-0.39, 0.29) is 18.6 Å². The molecular weight excluding hydrogens is 312 g/mol. The average molecular weight is 328 g/mol. The number of rotatable bonds is 4. The average Bonchev–Trinajstić information content (AvgIpc) is 3.30. The lowest BCUT2D eigenvalue weighted by atomic mass is 10.2. The molecule has 0 aliphatic carbocycles. The molecule has 1 aromatic carbocycles. The fourth-order valence-electron chi connectivity index (χ4n) is 2.68. The molecule has 8 nitrogen and oxygen atoms in total. The van der Waals surface area contributed by atoms with Gasteiger partial charge in [-0.15, -0.1) is 0 Å². The van der Waals surface area contributed by atoms with Crippen LogP contribution < -0.4 is 5.32 Å². The number of ether oxygens (including phenoxy) is 1. The van der Waals surface area contributed by atoms with Gasteiger partial charge in [0.15, 0.2) is 17.3 Å². The summed E-state index contributed by atoms with van der Waals surface area (Å²) < 4.78 is 16.1. The van der Waals surface area contributed by atoms with Crippen molar-refractivity contribution in [2.24, 2.45) is 0 Å². The number of amides is 1. The number of carbonyl (C=O) groups is 1. The SMILES string of the molecule is Cc1nc2ccc(C(=O)NCc3noc(C4CCCO4)n3)cc2o1. The van der Waals surface area contributed by atoms with Gasteiger partial charge in [-0.25, -0.2) is 4.98 Å². The minimum atomic E-state index is -0.241. The molecule has 0 spiro atoms. The van der Waals surface area contributed by atoms with E-state index in [9.17, 15) is 4.79 Å². The van der Waals surface area contributed by atoms with Gasteiger partial charge in [0.05, 0.1) is 6.54 Å². The minimum absolute atomic E-state index is 0.126. The zero-order chi connectivity index (χ0) is 16.5. The Kier molecular flexibility index (Phi) is 3.73. The fourth-order valence-corrected chi connectivity index (χ4v) is 2.68. The van der Waals surface area contributed by atoms with Crippen LogP contribution in [0.1, 0.15) is 46.9 Å². The second-order valence-electron chi connectivity index (χ2n) is 5.65. The lowest BCUT2D eigenvalue weighted by Gasteiger charge is -2.02. The number of nitrogens with one attached hydrogen (secondary N) is 1. The Labute approximate surface area is 137 Å². The number of carbonyl (C=O) groups excluding carboxylic acids is 1. The summed E-state index contributed by atoms with van der Waals surface area (Å²) in [6.07, 6.45) is 1.74. The number of hydrogen-bond acceptors (Lipinski definition) is 7. The number of aromatic nitrogens is 3. The van der Waals surface area contributed by atoms with Crippen molar-refractivity contribution in [3.63, 3.8) is 0 Å². The van der Waals surface area contributed by atoms with E-state index < -0.39 is 0 Å². The van der Waals surface area contributed by atoms with Crippen LogP contribution in [0, 0.1) is 6.92 Å². The summed E-state index contributed by atoms with van der Waals surface area (Å²) in [5.74, 6) is 1.21. The van der Waals surface area contributed by atoms with Crippen LogP contribution >= 0.6 is 0 Å². The topological polar surface area (TPSA) is 103 Å². The fraction of sp³-hybridized carbons (Fsp3) is 0.375. The molecule has 8 heteroatoms. The van der Waals surface area contributed by atoms with Gasteiger partial charge in [-0.3, -0.25) is 4.79 Å². The highest BCUT2D eigenvalue weighted by atomic mass is 16.5. The Morgan fingerprint density at radius 3 is 3.12 bits per heavy atom. The molecule has 1 saturated heterocycles. The van der Waals surface area contributed by atoms with Gasteiger partial charge in [-0.1, -0.05) is 5.16 Å². The van der Waals surface area contributed by atoms with Gasteiger partial charge in [0.2, 0.25) is 0 Å². The standard InChI is InChI=1S/C16H16N4O4/c1-9-18-11-5-4-10(7-13(11)23-9)15(21)17-8-14-19-16(24-20-14)12-3-2-6-22-12/h4-5,7,12H,2-3,6,8H2,1H3,(H,17,21). The van der Waals surface area contributed by atoms with Gasteiger partial charge in [-0.2, -0.15) is 4.98 Å². The van der Waals surface area contributed by atoms with Crippen molar-refractivity contribution >= 4 is 17.0 Å². The highest BCUT2D eigenvalue weighted by molar-refractivity contribution is 5.96. The molecule has 0 bridgehead atoms. The van der Waals surface area contributed by atoms with Crippen molar-refractivity contribution in [1.29, 1.82) is 0 Å². The van der Waals surface area contributed by atoms with Crippen LogP contribution in [0.25, 0.3) is 11.1 Å². The summed E-state index contributed by atoms with van der Waals surface area (Å²) in [4.78, 5) is 20.7. The van der Waals surface area contributed by atoms with E-state index in [0.29, 0.717) is 35.4 Å². The third-order valence-electron chi connectivity index (χ3n) is 3.85. The van der Waals surface area contributed by atoms with Crippen molar-refractivity contribution in [3.05, 3.63) is 41.4 Å². The number of hydrogen-bond donors (Lipinski definition) is 1. The Balaban J connectivity index is 1.41. The van der Waals surface area contributed by atoms with E-state index in [0.717, 1.165) is 18.4 Å². The predicted octanol–water partition coefficient (Wildman–Crippen LogP) is 2.30. The van der Waals surface area contributed by atoms with Crippen molar-refractivity contribution < 1.29 is 18.5 Å². The predicted molar refractivity (Wildman–Crippen MR) is 82.1 cm³/mol. The van der Waals surface area contributed by atoms with Crippen molar-refractivity contribution in [3.8, 4) is 0 Å². The van der Waals surface area contributed by atoms with Gasteiger partial charge in [0.1, 0.15) is 11.6 Å². The maximum absolute atomic E-state index is 12.2. The second kappa shape index (κ2) is 6.04. The van der Waals surface area contributed by atoms with Crippen LogP contribution in [0.2, 0.25) is 0 Å². The van der Waals surface area contributed by atoms with Crippen LogP contribution in [0.4, 0.5) is 0 Å². The van der Waals surface area contributed by atoms with E-state index in [4.69, 9.17) is 13.7 Å². The molecule has 4 rings (SSSR count). The zero-order valence-electron chi connectivity index (χ0n) is 13.1. The van der Waals surface area contributed by atoms with Crippen LogP contribution in [-0.4, -0.2) is 27.6 Å². The van der Waals surface area contributed by atoms with Crippen LogP contribution in [0.15, 0.2) is 27.1 Å². The largest absolute Gasteiger partial charge is 0.441 e. The molecular formula is C16H16N4O4. The lowest BCUT2D eigenvalue weighted by Crippen LogP contribution is -2.23. The third-order valence-corrected chi connectivity index (χ3v) is 3.85. The van der Waals surface area contributed by atoms with E-state index in [1.54, 1.807) is 25.1 Å². The van der Waals surface area contributed by atoms with Crippen molar-refractivity contribution in [1.82, 2.24) is 20.4 Å². The first-order valence-electron chi connectivity index (χ1n) is 7.78.